The van der Waals surface area contributed by atoms with Crippen molar-refractivity contribution in [2.45, 2.75) is 49.8 Å². The molecular weight excluding hydrogens is 350 g/mol. The van der Waals surface area contributed by atoms with Gasteiger partial charge in [0.05, 0.1) is 16.3 Å². The zero-order valence-electron chi connectivity index (χ0n) is 15.7. The Kier molecular flexibility index (Phi) is 5.87. The molecule has 2 aliphatic rings. The topological polar surface area (TPSA) is 69.7 Å². The molecule has 1 aliphatic carbocycles. The fourth-order valence-corrected chi connectivity index (χ4v) is 5.39. The second-order valence-electron chi connectivity index (χ2n) is 7.51. The van der Waals surface area contributed by atoms with Crippen LogP contribution in [0.4, 0.5) is 11.4 Å². The fourth-order valence-electron chi connectivity index (χ4n) is 3.84. The first-order valence-corrected chi connectivity index (χ1v) is 11.0. The Morgan fingerprint density at radius 1 is 1.08 bits per heavy atom. The van der Waals surface area contributed by atoms with Crippen molar-refractivity contribution in [3.8, 4) is 0 Å². The van der Waals surface area contributed by atoms with E-state index in [2.05, 4.69) is 5.32 Å². The third kappa shape index (κ3) is 4.04. The van der Waals surface area contributed by atoms with Gasteiger partial charge in [-0.25, -0.2) is 8.42 Å². The Morgan fingerprint density at radius 2 is 1.73 bits per heavy atom. The molecule has 0 radical (unpaired) electrons. The first-order chi connectivity index (χ1) is 12.4. The minimum absolute atomic E-state index is 0.00174. The van der Waals surface area contributed by atoms with Crippen LogP contribution in [0.25, 0.3) is 0 Å². The van der Waals surface area contributed by atoms with Crippen LogP contribution in [0.3, 0.4) is 0 Å². The monoisotopic (exact) mass is 379 g/mol. The maximum Gasteiger partial charge on any atom is 0.243 e. The van der Waals surface area contributed by atoms with Crippen molar-refractivity contribution >= 4 is 27.3 Å². The van der Waals surface area contributed by atoms with Gasteiger partial charge in [0.2, 0.25) is 15.9 Å². The van der Waals surface area contributed by atoms with Crippen molar-refractivity contribution in [3.05, 3.63) is 18.2 Å². The van der Waals surface area contributed by atoms with E-state index in [0.29, 0.717) is 18.8 Å². The molecule has 1 amide bonds. The maximum atomic E-state index is 13.0. The number of amides is 1. The number of hydrogen-bond donors (Lipinski definition) is 1. The van der Waals surface area contributed by atoms with Crippen LogP contribution in [0.5, 0.6) is 0 Å². The summed E-state index contributed by atoms with van der Waals surface area (Å²) in [7, 11) is 0.258. The molecule has 7 heteroatoms. The molecule has 1 saturated carbocycles. The lowest BCUT2D eigenvalue weighted by molar-refractivity contribution is -0.119. The highest BCUT2D eigenvalue weighted by molar-refractivity contribution is 7.89. The first kappa shape index (κ1) is 19.2. The van der Waals surface area contributed by atoms with Crippen molar-refractivity contribution in [1.29, 1.82) is 0 Å². The van der Waals surface area contributed by atoms with E-state index in [1.807, 2.05) is 19.0 Å². The zero-order chi connectivity index (χ0) is 18.7. The van der Waals surface area contributed by atoms with Crippen LogP contribution < -0.4 is 10.2 Å². The molecule has 3 rings (SSSR count). The zero-order valence-corrected chi connectivity index (χ0v) is 16.5. The molecule has 1 saturated heterocycles. The van der Waals surface area contributed by atoms with Crippen LogP contribution in [-0.4, -0.2) is 45.8 Å². The van der Waals surface area contributed by atoms with E-state index in [4.69, 9.17) is 0 Å². The molecule has 26 heavy (non-hydrogen) atoms. The number of nitrogens with one attached hydrogen (secondary N) is 1. The first-order valence-electron chi connectivity index (χ1n) is 9.52. The average molecular weight is 380 g/mol. The molecule has 1 aliphatic heterocycles. The number of anilines is 2. The average Bonchev–Trinajstić information content (AvgIpc) is 3.17. The number of carbonyl (C=O) groups is 1. The summed E-state index contributed by atoms with van der Waals surface area (Å²) in [4.78, 5) is 14.7. The van der Waals surface area contributed by atoms with Gasteiger partial charge in [-0.2, -0.15) is 4.31 Å². The Morgan fingerprint density at radius 3 is 2.35 bits per heavy atom. The third-order valence-corrected chi connectivity index (χ3v) is 7.28. The van der Waals surface area contributed by atoms with E-state index >= 15 is 0 Å². The number of hydrogen-bond acceptors (Lipinski definition) is 4. The van der Waals surface area contributed by atoms with Crippen molar-refractivity contribution < 1.29 is 13.2 Å². The minimum Gasteiger partial charge on any atom is -0.376 e. The van der Waals surface area contributed by atoms with Crippen LogP contribution in [-0.2, 0) is 14.8 Å². The van der Waals surface area contributed by atoms with Gasteiger partial charge >= 0.3 is 0 Å². The number of benzene rings is 1. The number of nitrogens with zero attached hydrogens (tertiary/aromatic N) is 2. The summed E-state index contributed by atoms with van der Waals surface area (Å²) in [6.45, 7) is 1.14. The van der Waals surface area contributed by atoms with Gasteiger partial charge in [-0.15, -0.1) is 0 Å². The van der Waals surface area contributed by atoms with Gasteiger partial charge < -0.3 is 10.2 Å². The van der Waals surface area contributed by atoms with E-state index in [0.717, 1.165) is 50.6 Å². The molecule has 0 atom stereocenters. The van der Waals surface area contributed by atoms with Crippen LogP contribution >= 0.6 is 0 Å². The number of rotatable bonds is 5. The van der Waals surface area contributed by atoms with Crippen molar-refractivity contribution in [3.63, 3.8) is 0 Å². The van der Waals surface area contributed by atoms with Gasteiger partial charge in [0.1, 0.15) is 0 Å². The lowest BCUT2D eigenvalue weighted by Crippen LogP contribution is -2.35. The number of carbonyl (C=O) groups excluding carboxylic acids is 1. The molecule has 1 heterocycles. The van der Waals surface area contributed by atoms with E-state index in [9.17, 15) is 13.2 Å². The standard InChI is InChI=1S/C19H29N3O3S/c1-21(2)18-11-10-16(26(24,25)22-12-6-3-7-13-22)14-17(18)20-19(23)15-8-4-5-9-15/h10-11,14-15H,3-9,12-13H2,1-2H3,(H,20,23). The summed E-state index contributed by atoms with van der Waals surface area (Å²) in [6.07, 6.45) is 6.88. The highest BCUT2D eigenvalue weighted by Crippen LogP contribution is 2.32. The summed E-state index contributed by atoms with van der Waals surface area (Å²) in [5.41, 5.74) is 1.39. The Labute approximate surface area is 156 Å². The molecule has 1 N–H and O–H groups in total. The van der Waals surface area contributed by atoms with Gasteiger partial charge in [0.25, 0.3) is 0 Å². The summed E-state index contributed by atoms with van der Waals surface area (Å²) < 4.78 is 27.5. The van der Waals surface area contributed by atoms with Crippen LogP contribution in [0.1, 0.15) is 44.9 Å². The summed E-state index contributed by atoms with van der Waals surface area (Å²) in [5.74, 6) is 0.0329. The molecular formula is C19H29N3O3S. The van der Waals surface area contributed by atoms with Crippen molar-refractivity contribution in [1.82, 2.24) is 4.31 Å². The molecule has 2 fully saturated rings. The van der Waals surface area contributed by atoms with Crippen molar-refractivity contribution in [2.24, 2.45) is 5.92 Å². The Bertz CT molecular complexity index is 749. The second kappa shape index (κ2) is 7.96. The maximum absolute atomic E-state index is 13.0. The van der Waals surface area contributed by atoms with Gasteiger partial charge in [0, 0.05) is 33.1 Å². The van der Waals surface area contributed by atoms with Crippen LogP contribution in [0.15, 0.2) is 23.1 Å². The number of sulfonamides is 1. The predicted octanol–water partition coefficient (Wildman–Crippen LogP) is 3.06. The molecule has 0 bridgehead atoms. The van der Waals surface area contributed by atoms with Gasteiger partial charge in [-0.1, -0.05) is 19.3 Å². The van der Waals surface area contributed by atoms with Gasteiger partial charge in [-0.05, 0) is 43.9 Å². The molecule has 0 unspecified atom stereocenters. The molecule has 1 aromatic rings. The van der Waals surface area contributed by atoms with E-state index < -0.39 is 10.0 Å². The molecule has 6 nitrogen and oxygen atoms in total. The predicted molar refractivity (Wildman–Crippen MR) is 104 cm³/mol. The fraction of sp³-hybridized carbons (Fsp3) is 0.632. The normalized spacial score (nSPS) is 19.5. The molecule has 0 aromatic heterocycles. The quantitative estimate of drug-likeness (QED) is 0.854. The van der Waals surface area contributed by atoms with Crippen molar-refractivity contribution in [2.75, 3.05) is 37.4 Å². The van der Waals surface area contributed by atoms with E-state index in [1.165, 1.54) is 0 Å². The highest BCUT2D eigenvalue weighted by atomic mass is 32.2. The minimum atomic E-state index is -3.52. The van der Waals surface area contributed by atoms with Crippen LogP contribution in [0, 0.1) is 5.92 Å². The SMILES string of the molecule is CN(C)c1ccc(S(=O)(=O)N2CCCCC2)cc1NC(=O)C1CCCC1. The third-order valence-electron chi connectivity index (χ3n) is 5.39. The Hall–Kier alpha value is -1.60. The van der Waals surface area contributed by atoms with Gasteiger partial charge in [-0.3, -0.25) is 4.79 Å². The Balaban J connectivity index is 1.89. The summed E-state index contributed by atoms with van der Waals surface area (Å²) in [5, 5.41) is 2.99. The largest absolute Gasteiger partial charge is 0.376 e. The summed E-state index contributed by atoms with van der Waals surface area (Å²) in [6, 6.07) is 5.04. The van der Waals surface area contributed by atoms with Crippen LogP contribution in [0.2, 0.25) is 0 Å². The molecule has 1 aromatic carbocycles. The van der Waals surface area contributed by atoms with E-state index in [-0.39, 0.29) is 16.7 Å². The van der Waals surface area contributed by atoms with E-state index in [1.54, 1.807) is 22.5 Å². The smallest absolute Gasteiger partial charge is 0.243 e. The summed E-state index contributed by atoms with van der Waals surface area (Å²) >= 11 is 0. The van der Waals surface area contributed by atoms with Gasteiger partial charge in [0.15, 0.2) is 0 Å². The lowest BCUT2D eigenvalue weighted by Gasteiger charge is -2.27. The second-order valence-corrected chi connectivity index (χ2v) is 9.45. The molecule has 144 valence electrons. The highest BCUT2D eigenvalue weighted by Gasteiger charge is 2.28. The lowest BCUT2D eigenvalue weighted by atomic mass is 10.1. The number of piperidine rings is 1. The molecule has 0 spiro atoms.